The Hall–Kier alpha value is -1.02. The van der Waals surface area contributed by atoms with Gasteiger partial charge in [0.1, 0.15) is 0 Å². The minimum atomic E-state index is 0.644. The monoisotopic (exact) mass is 230 g/mol. The van der Waals surface area contributed by atoms with Gasteiger partial charge < -0.3 is 4.90 Å². The van der Waals surface area contributed by atoms with Crippen molar-refractivity contribution in [3.05, 3.63) is 29.8 Å². The molecule has 2 saturated heterocycles. The van der Waals surface area contributed by atoms with Gasteiger partial charge in [0.15, 0.2) is 0 Å². The lowest BCUT2D eigenvalue weighted by molar-refractivity contribution is 0.203. The van der Waals surface area contributed by atoms with Crippen LogP contribution in [0, 0.1) is 6.92 Å². The first-order valence-corrected chi connectivity index (χ1v) is 6.82. The van der Waals surface area contributed by atoms with Gasteiger partial charge in [-0.05, 0) is 44.9 Å². The van der Waals surface area contributed by atoms with Gasteiger partial charge in [-0.1, -0.05) is 18.2 Å². The Morgan fingerprint density at radius 3 is 2.82 bits per heavy atom. The van der Waals surface area contributed by atoms with Crippen LogP contribution < -0.4 is 4.90 Å². The molecule has 92 valence electrons. The van der Waals surface area contributed by atoms with E-state index in [1.54, 1.807) is 0 Å². The van der Waals surface area contributed by atoms with Gasteiger partial charge in [0.2, 0.25) is 0 Å². The van der Waals surface area contributed by atoms with Crippen molar-refractivity contribution < 1.29 is 0 Å². The largest absolute Gasteiger partial charge is 0.366 e. The van der Waals surface area contributed by atoms with Crippen molar-refractivity contribution in [2.75, 3.05) is 24.5 Å². The Balaban J connectivity index is 1.85. The zero-order chi connectivity index (χ0) is 11.8. The van der Waals surface area contributed by atoms with Crippen molar-refractivity contribution >= 4 is 5.69 Å². The number of fused-ring (bicyclic) bond motifs is 1. The highest BCUT2D eigenvalue weighted by Gasteiger charge is 2.34. The quantitative estimate of drug-likeness (QED) is 0.732. The summed E-state index contributed by atoms with van der Waals surface area (Å²) in [5, 5.41) is 0. The summed E-state index contributed by atoms with van der Waals surface area (Å²) in [6.45, 7) is 8.35. The molecule has 0 aromatic heterocycles. The first kappa shape index (κ1) is 11.1. The van der Waals surface area contributed by atoms with Crippen molar-refractivity contribution in [1.29, 1.82) is 0 Å². The molecule has 2 aliphatic heterocycles. The highest BCUT2D eigenvalue weighted by Crippen LogP contribution is 2.30. The molecular formula is C15H22N2. The Morgan fingerprint density at radius 1 is 1.18 bits per heavy atom. The van der Waals surface area contributed by atoms with Crippen LogP contribution in [0.2, 0.25) is 0 Å². The second-order valence-corrected chi connectivity index (χ2v) is 5.58. The maximum absolute atomic E-state index is 2.68. The van der Waals surface area contributed by atoms with E-state index >= 15 is 0 Å². The summed E-state index contributed by atoms with van der Waals surface area (Å²) in [4.78, 5) is 5.29. The highest BCUT2D eigenvalue weighted by molar-refractivity contribution is 5.54. The molecule has 0 spiro atoms. The number of piperazine rings is 1. The second-order valence-electron chi connectivity index (χ2n) is 5.58. The molecule has 2 heterocycles. The number of hydrogen-bond donors (Lipinski definition) is 0. The third-order valence-electron chi connectivity index (χ3n) is 4.36. The Labute approximate surface area is 104 Å². The summed E-state index contributed by atoms with van der Waals surface area (Å²) in [6, 6.07) is 10.2. The fourth-order valence-electron chi connectivity index (χ4n) is 3.41. The van der Waals surface area contributed by atoms with Crippen LogP contribution in [-0.4, -0.2) is 36.6 Å². The van der Waals surface area contributed by atoms with E-state index in [0.29, 0.717) is 6.04 Å². The summed E-state index contributed by atoms with van der Waals surface area (Å²) in [7, 11) is 0. The first-order chi connectivity index (χ1) is 8.25. The Morgan fingerprint density at radius 2 is 2.00 bits per heavy atom. The molecule has 0 saturated carbocycles. The molecule has 3 rings (SSSR count). The molecule has 0 amide bonds. The van der Waals surface area contributed by atoms with Crippen molar-refractivity contribution in [3.63, 3.8) is 0 Å². The third kappa shape index (κ3) is 1.95. The van der Waals surface area contributed by atoms with Crippen LogP contribution in [0.15, 0.2) is 24.3 Å². The van der Waals surface area contributed by atoms with Gasteiger partial charge >= 0.3 is 0 Å². The lowest BCUT2D eigenvalue weighted by atomic mass is 10.0. The summed E-state index contributed by atoms with van der Waals surface area (Å²) in [5.74, 6) is 0. The van der Waals surface area contributed by atoms with Crippen LogP contribution >= 0.6 is 0 Å². The number of nitrogens with zero attached hydrogens (tertiary/aromatic N) is 2. The van der Waals surface area contributed by atoms with Crippen molar-refractivity contribution in [3.8, 4) is 0 Å². The number of benzene rings is 1. The van der Waals surface area contributed by atoms with E-state index in [0.717, 1.165) is 6.04 Å². The first-order valence-electron chi connectivity index (χ1n) is 6.82. The summed E-state index contributed by atoms with van der Waals surface area (Å²) in [6.07, 6.45) is 2.77. The maximum atomic E-state index is 2.68. The van der Waals surface area contributed by atoms with Crippen LogP contribution in [0.1, 0.15) is 25.3 Å². The van der Waals surface area contributed by atoms with Crippen LogP contribution in [0.5, 0.6) is 0 Å². The van der Waals surface area contributed by atoms with Crippen LogP contribution in [0.25, 0.3) is 0 Å². The molecule has 0 radical (unpaired) electrons. The topological polar surface area (TPSA) is 6.48 Å². The minimum absolute atomic E-state index is 0.644. The summed E-state index contributed by atoms with van der Waals surface area (Å²) in [5.41, 5.74) is 2.84. The molecule has 1 aromatic carbocycles. The molecule has 0 bridgehead atoms. The Kier molecular flexibility index (Phi) is 2.83. The third-order valence-corrected chi connectivity index (χ3v) is 4.36. The molecule has 2 nitrogen and oxygen atoms in total. The lowest BCUT2D eigenvalue weighted by Gasteiger charge is -2.44. The van der Waals surface area contributed by atoms with Crippen LogP contribution in [0.3, 0.4) is 0 Å². The van der Waals surface area contributed by atoms with E-state index in [2.05, 4.69) is 47.9 Å². The van der Waals surface area contributed by atoms with Gasteiger partial charge in [-0.2, -0.15) is 0 Å². The van der Waals surface area contributed by atoms with Gasteiger partial charge in [-0.25, -0.2) is 0 Å². The molecule has 2 fully saturated rings. The predicted octanol–water partition coefficient (Wildman–Crippen LogP) is 2.67. The zero-order valence-corrected chi connectivity index (χ0v) is 10.9. The molecule has 2 atom stereocenters. The Bertz CT molecular complexity index is 402. The fraction of sp³-hybridized carbons (Fsp3) is 0.600. The van der Waals surface area contributed by atoms with Crippen LogP contribution in [0.4, 0.5) is 5.69 Å². The summed E-state index contributed by atoms with van der Waals surface area (Å²) < 4.78 is 0. The van der Waals surface area contributed by atoms with Crippen molar-refractivity contribution in [2.45, 2.75) is 38.8 Å². The van der Waals surface area contributed by atoms with E-state index in [1.165, 1.54) is 43.7 Å². The van der Waals surface area contributed by atoms with Crippen molar-refractivity contribution in [1.82, 2.24) is 4.90 Å². The van der Waals surface area contributed by atoms with E-state index in [9.17, 15) is 0 Å². The van der Waals surface area contributed by atoms with Gasteiger partial charge in [0.25, 0.3) is 0 Å². The van der Waals surface area contributed by atoms with E-state index in [-0.39, 0.29) is 0 Å². The van der Waals surface area contributed by atoms with E-state index in [1.807, 2.05) is 0 Å². The average Bonchev–Trinajstić information content (AvgIpc) is 2.76. The SMILES string of the molecule is Cc1ccccc1N1CC2CCCN2CC1C. The number of anilines is 1. The maximum Gasteiger partial charge on any atom is 0.0399 e. The van der Waals surface area contributed by atoms with Gasteiger partial charge in [-0.15, -0.1) is 0 Å². The summed E-state index contributed by atoms with van der Waals surface area (Å²) >= 11 is 0. The fourth-order valence-corrected chi connectivity index (χ4v) is 3.41. The predicted molar refractivity (Wildman–Crippen MR) is 72.6 cm³/mol. The average molecular weight is 230 g/mol. The van der Waals surface area contributed by atoms with Gasteiger partial charge in [0, 0.05) is 30.9 Å². The number of aryl methyl sites for hydroxylation is 1. The molecule has 17 heavy (non-hydrogen) atoms. The zero-order valence-electron chi connectivity index (χ0n) is 10.9. The minimum Gasteiger partial charge on any atom is -0.366 e. The molecule has 1 aromatic rings. The molecule has 2 aliphatic rings. The van der Waals surface area contributed by atoms with Crippen molar-refractivity contribution in [2.24, 2.45) is 0 Å². The molecule has 0 N–H and O–H groups in total. The smallest absolute Gasteiger partial charge is 0.0399 e. The molecule has 0 aliphatic carbocycles. The molecular weight excluding hydrogens is 208 g/mol. The molecule has 2 unspecified atom stereocenters. The lowest BCUT2D eigenvalue weighted by Crippen LogP contribution is -2.55. The number of rotatable bonds is 1. The standard InChI is InChI=1S/C15H22N2/c1-12-6-3-4-8-15(12)17-11-14-7-5-9-16(14)10-13(17)2/h3-4,6,8,13-14H,5,7,9-11H2,1-2H3. The number of para-hydroxylation sites is 1. The second kappa shape index (κ2) is 4.34. The normalized spacial score (nSPS) is 29.4. The highest BCUT2D eigenvalue weighted by atomic mass is 15.3. The van der Waals surface area contributed by atoms with Gasteiger partial charge in [0.05, 0.1) is 0 Å². The van der Waals surface area contributed by atoms with Crippen LogP contribution in [-0.2, 0) is 0 Å². The van der Waals surface area contributed by atoms with E-state index < -0.39 is 0 Å². The van der Waals surface area contributed by atoms with Gasteiger partial charge in [-0.3, -0.25) is 4.90 Å². The number of hydrogen-bond acceptors (Lipinski definition) is 2. The van der Waals surface area contributed by atoms with E-state index in [4.69, 9.17) is 0 Å². The molecule has 2 heteroatoms.